The number of para-hydroxylation sites is 1. The lowest BCUT2D eigenvalue weighted by atomic mass is 10.1. The fourth-order valence-electron chi connectivity index (χ4n) is 2.58. The summed E-state index contributed by atoms with van der Waals surface area (Å²) in [6.45, 7) is 2.56. The largest absolute Gasteiger partial charge is 0.497 e. The highest BCUT2D eigenvalue weighted by molar-refractivity contribution is 6.13. The lowest BCUT2D eigenvalue weighted by molar-refractivity contribution is -0.129. The van der Waals surface area contributed by atoms with Crippen LogP contribution < -0.4 is 14.2 Å². The second kappa shape index (κ2) is 8.40. The van der Waals surface area contributed by atoms with Gasteiger partial charge in [-0.05, 0) is 42.8 Å². The van der Waals surface area contributed by atoms with E-state index in [9.17, 15) is 4.79 Å². The molecular formula is C21H21NO5. The number of benzene rings is 2. The van der Waals surface area contributed by atoms with E-state index in [4.69, 9.17) is 18.9 Å². The van der Waals surface area contributed by atoms with E-state index in [-0.39, 0.29) is 11.6 Å². The van der Waals surface area contributed by atoms with Crippen LogP contribution in [0.25, 0.3) is 6.08 Å². The van der Waals surface area contributed by atoms with Gasteiger partial charge < -0.3 is 18.9 Å². The molecule has 0 saturated carbocycles. The van der Waals surface area contributed by atoms with E-state index in [0.717, 1.165) is 6.42 Å². The lowest BCUT2D eigenvalue weighted by Gasteiger charge is -2.12. The molecule has 1 aliphatic heterocycles. The van der Waals surface area contributed by atoms with Crippen molar-refractivity contribution < 1.29 is 23.7 Å². The Labute approximate surface area is 158 Å². The smallest absolute Gasteiger partial charge is 0.363 e. The minimum absolute atomic E-state index is 0.204. The zero-order valence-corrected chi connectivity index (χ0v) is 15.5. The van der Waals surface area contributed by atoms with Crippen LogP contribution in [-0.4, -0.2) is 32.7 Å². The van der Waals surface area contributed by atoms with Gasteiger partial charge in [-0.25, -0.2) is 9.79 Å². The molecule has 0 radical (unpaired) electrons. The van der Waals surface area contributed by atoms with E-state index in [1.807, 2.05) is 25.1 Å². The highest BCUT2D eigenvalue weighted by atomic mass is 16.6. The number of ether oxygens (including phenoxy) is 4. The molecule has 0 amide bonds. The van der Waals surface area contributed by atoms with Crippen LogP contribution in [-0.2, 0) is 9.53 Å². The average Bonchev–Trinajstić information content (AvgIpc) is 3.07. The van der Waals surface area contributed by atoms with E-state index < -0.39 is 5.97 Å². The first-order chi connectivity index (χ1) is 13.2. The molecule has 3 rings (SSSR count). The minimum Gasteiger partial charge on any atom is -0.497 e. The van der Waals surface area contributed by atoms with Crippen LogP contribution in [0.3, 0.4) is 0 Å². The van der Waals surface area contributed by atoms with Crippen molar-refractivity contribution in [2.24, 2.45) is 4.99 Å². The molecule has 0 bridgehead atoms. The van der Waals surface area contributed by atoms with Crippen LogP contribution in [0.4, 0.5) is 0 Å². The number of cyclic esters (lactones) is 1. The maximum Gasteiger partial charge on any atom is 0.363 e. The number of methoxy groups -OCH3 is 2. The van der Waals surface area contributed by atoms with E-state index in [1.165, 1.54) is 0 Å². The maximum absolute atomic E-state index is 12.3. The number of nitrogens with zero attached hydrogens (tertiary/aromatic N) is 1. The molecule has 27 heavy (non-hydrogen) atoms. The summed E-state index contributed by atoms with van der Waals surface area (Å²) < 4.78 is 21.6. The minimum atomic E-state index is -0.509. The van der Waals surface area contributed by atoms with E-state index in [2.05, 4.69) is 4.99 Å². The monoisotopic (exact) mass is 367 g/mol. The Morgan fingerprint density at radius 2 is 1.85 bits per heavy atom. The summed E-state index contributed by atoms with van der Waals surface area (Å²) in [6, 6.07) is 12.6. The molecule has 1 heterocycles. The topological polar surface area (TPSA) is 66.3 Å². The highest BCUT2D eigenvalue weighted by Crippen LogP contribution is 2.33. The zero-order chi connectivity index (χ0) is 19.2. The van der Waals surface area contributed by atoms with Crippen LogP contribution in [0.5, 0.6) is 17.2 Å². The summed E-state index contributed by atoms with van der Waals surface area (Å²) in [6.07, 6.45) is 2.50. The number of hydrogen-bond donors (Lipinski definition) is 0. The van der Waals surface area contributed by atoms with Gasteiger partial charge in [-0.15, -0.1) is 0 Å². The van der Waals surface area contributed by atoms with Gasteiger partial charge in [0.05, 0.1) is 20.8 Å². The molecule has 0 spiro atoms. The summed E-state index contributed by atoms with van der Waals surface area (Å²) in [5.74, 6) is 1.64. The second-order valence-corrected chi connectivity index (χ2v) is 5.79. The average molecular weight is 367 g/mol. The maximum atomic E-state index is 12.3. The molecule has 0 aliphatic carbocycles. The van der Waals surface area contributed by atoms with Crippen molar-refractivity contribution >= 4 is 17.9 Å². The van der Waals surface area contributed by atoms with Gasteiger partial charge in [-0.1, -0.05) is 19.1 Å². The summed E-state index contributed by atoms with van der Waals surface area (Å²) in [5.41, 5.74) is 1.60. The molecular weight excluding hydrogens is 346 g/mol. The number of hydrogen-bond acceptors (Lipinski definition) is 6. The quantitative estimate of drug-likeness (QED) is 0.549. The van der Waals surface area contributed by atoms with Crippen molar-refractivity contribution in [3.05, 3.63) is 59.3 Å². The third-order valence-electron chi connectivity index (χ3n) is 3.93. The molecule has 140 valence electrons. The molecule has 0 saturated heterocycles. The van der Waals surface area contributed by atoms with Crippen LogP contribution in [0, 0.1) is 0 Å². The first-order valence-electron chi connectivity index (χ1n) is 8.63. The molecule has 0 atom stereocenters. The number of carbonyl (C=O) groups is 1. The molecule has 2 aromatic rings. The van der Waals surface area contributed by atoms with Gasteiger partial charge in [-0.3, -0.25) is 0 Å². The second-order valence-electron chi connectivity index (χ2n) is 5.79. The van der Waals surface area contributed by atoms with Crippen molar-refractivity contribution in [1.82, 2.24) is 0 Å². The Balaban J connectivity index is 1.94. The molecule has 0 unspecified atom stereocenters. The van der Waals surface area contributed by atoms with Gasteiger partial charge >= 0.3 is 5.97 Å². The predicted molar refractivity (Wildman–Crippen MR) is 102 cm³/mol. The van der Waals surface area contributed by atoms with E-state index in [1.54, 1.807) is 44.6 Å². The van der Waals surface area contributed by atoms with Crippen LogP contribution in [0.1, 0.15) is 24.5 Å². The lowest BCUT2D eigenvalue weighted by Crippen LogP contribution is -2.05. The molecule has 0 fully saturated rings. The Kier molecular flexibility index (Phi) is 5.76. The number of esters is 1. The van der Waals surface area contributed by atoms with Crippen molar-refractivity contribution in [3.63, 3.8) is 0 Å². The first kappa shape index (κ1) is 18.5. The van der Waals surface area contributed by atoms with Crippen LogP contribution in [0.15, 0.2) is 53.2 Å². The van der Waals surface area contributed by atoms with Gasteiger partial charge in [0.2, 0.25) is 5.90 Å². The van der Waals surface area contributed by atoms with Gasteiger partial charge in [0.1, 0.15) is 5.75 Å². The molecule has 1 aliphatic rings. The SMILES string of the molecule is CCCOc1c(/C=C2/N=C(c3ccc(OC)cc3)OC2=O)cccc1OC. The Bertz CT molecular complexity index is 884. The normalized spacial score (nSPS) is 14.7. The fourth-order valence-corrected chi connectivity index (χ4v) is 2.58. The number of carbonyl (C=O) groups excluding carboxylic acids is 1. The Morgan fingerprint density at radius 3 is 2.52 bits per heavy atom. The molecule has 2 aromatic carbocycles. The van der Waals surface area contributed by atoms with Gasteiger partial charge in [0.25, 0.3) is 0 Å². The van der Waals surface area contributed by atoms with Gasteiger partial charge in [0.15, 0.2) is 17.2 Å². The predicted octanol–water partition coefficient (Wildman–Crippen LogP) is 3.84. The molecule has 0 aromatic heterocycles. The number of rotatable bonds is 7. The van der Waals surface area contributed by atoms with Crippen LogP contribution >= 0.6 is 0 Å². The summed E-state index contributed by atoms with van der Waals surface area (Å²) >= 11 is 0. The summed E-state index contributed by atoms with van der Waals surface area (Å²) in [7, 11) is 3.17. The van der Waals surface area contributed by atoms with Crippen molar-refractivity contribution in [2.75, 3.05) is 20.8 Å². The summed E-state index contributed by atoms with van der Waals surface area (Å²) in [4.78, 5) is 16.6. The molecule has 6 heteroatoms. The Morgan fingerprint density at radius 1 is 1.07 bits per heavy atom. The third-order valence-corrected chi connectivity index (χ3v) is 3.93. The third kappa shape index (κ3) is 4.11. The van der Waals surface area contributed by atoms with E-state index >= 15 is 0 Å². The summed E-state index contributed by atoms with van der Waals surface area (Å²) in [5, 5.41) is 0. The molecule has 6 nitrogen and oxygen atoms in total. The van der Waals surface area contributed by atoms with Crippen LogP contribution in [0.2, 0.25) is 0 Å². The van der Waals surface area contributed by atoms with E-state index in [0.29, 0.717) is 35.0 Å². The van der Waals surface area contributed by atoms with Crippen molar-refractivity contribution in [1.29, 1.82) is 0 Å². The first-order valence-corrected chi connectivity index (χ1v) is 8.63. The standard InChI is InChI=1S/C21H21NO5/c1-4-12-26-19-15(6-5-7-18(19)25-3)13-17-21(23)27-20(22-17)14-8-10-16(24-2)11-9-14/h5-11,13H,4,12H2,1-3H3/b17-13+. The zero-order valence-electron chi connectivity index (χ0n) is 15.5. The van der Waals surface area contributed by atoms with Gasteiger partial charge in [-0.2, -0.15) is 0 Å². The molecule has 0 N–H and O–H groups in total. The van der Waals surface area contributed by atoms with Crippen molar-refractivity contribution in [3.8, 4) is 17.2 Å². The Hall–Kier alpha value is -3.28. The van der Waals surface area contributed by atoms with Crippen molar-refractivity contribution in [2.45, 2.75) is 13.3 Å². The van der Waals surface area contributed by atoms with Gasteiger partial charge in [0, 0.05) is 11.1 Å². The fraction of sp³-hybridized carbons (Fsp3) is 0.238. The number of aliphatic imine (C=N–C) groups is 1. The highest BCUT2D eigenvalue weighted by Gasteiger charge is 2.25.